The number of furan rings is 1. The van der Waals surface area contributed by atoms with Crippen molar-refractivity contribution in [2.45, 2.75) is 25.3 Å². The summed E-state index contributed by atoms with van der Waals surface area (Å²) in [6.45, 7) is 2.58. The maximum Gasteiger partial charge on any atom is 0.269 e. The topological polar surface area (TPSA) is 118 Å². The molecule has 2 aromatic rings. The summed E-state index contributed by atoms with van der Waals surface area (Å²) in [6.07, 6.45) is 4.05. The molecule has 0 unspecified atom stereocenters. The van der Waals surface area contributed by atoms with E-state index in [0.717, 1.165) is 31.7 Å². The third-order valence-electron chi connectivity index (χ3n) is 4.92. The van der Waals surface area contributed by atoms with Crippen molar-refractivity contribution in [2.75, 3.05) is 26.2 Å². The number of carbonyl (C=O) groups is 2. The van der Waals surface area contributed by atoms with Crippen LogP contribution in [0.15, 0.2) is 47.1 Å². The van der Waals surface area contributed by atoms with Crippen LogP contribution in [0.3, 0.4) is 0 Å². The van der Waals surface area contributed by atoms with E-state index in [1.807, 2.05) is 12.1 Å². The van der Waals surface area contributed by atoms with Gasteiger partial charge in [-0.25, -0.2) is 0 Å². The molecular weight excluding hydrogens is 376 g/mol. The van der Waals surface area contributed by atoms with Gasteiger partial charge in [-0.3, -0.25) is 24.6 Å². The molecule has 1 atom stereocenters. The van der Waals surface area contributed by atoms with E-state index in [4.69, 9.17) is 4.42 Å². The zero-order chi connectivity index (χ0) is 20.6. The molecular formula is C20H24N4O5. The fraction of sp³-hybridized carbons (Fsp3) is 0.400. The Morgan fingerprint density at radius 2 is 1.86 bits per heavy atom. The van der Waals surface area contributed by atoms with Gasteiger partial charge in [0.25, 0.3) is 11.6 Å². The van der Waals surface area contributed by atoms with E-state index >= 15 is 0 Å². The van der Waals surface area contributed by atoms with E-state index in [2.05, 4.69) is 15.5 Å². The van der Waals surface area contributed by atoms with Gasteiger partial charge in [0.05, 0.1) is 17.2 Å². The molecule has 9 heteroatoms. The lowest BCUT2D eigenvalue weighted by molar-refractivity contribution is -0.384. The Balaban J connectivity index is 1.43. The number of nitrogens with zero attached hydrogens (tertiary/aromatic N) is 2. The number of hydrogen-bond donors (Lipinski definition) is 2. The predicted molar refractivity (Wildman–Crippen MR) is 105 cm³/mol. The zero-order valence-corrected chi connectivity index (χ0v) is 16.0. The molecule has 1 fully saturated rings. The number of nitro groups is 1. The van der Waals surface area contributed by atoms with Crippen LogP contribution >= 0.6 is 0 Å². The third-order valence-corrected chi connectivity index (χ3v) is 4.92. The average molecular weight is 400 g/mol. The van der Waals surface area contributed by atoms with Crippen LogP contribution in [0.2, 0.25) is 0 Å². The Hall–Kier alpha value is -3.20. The summed E-state index contributed by atoms with van der Waals surface area (Å²) >= 11 is 0. The monoisotopic (exact) mass is 400 g/mol. The first-order valence-electron chi connectivity index (χ1n) is 9.61. The van der Waals surface area contributed by atoms with Crippen LogP contribution in [-0.2, 0) is 4.79 Å². The summed E-state index contributed by atoms with van der Waals surface area (Å²) < 4.78 is 5.53. The molecule has 29 heavy (non-hydrogen) atoms. The molecule has 1 saturated heterocycles. The van der Waals surface area contributed by atoms with Crippen LogP contribution in [0.25, 0.3) is 0 Å². The van der Waals surface area contributed by atoms with Gasteiger partial charge in [-0.05, 0) is 50.2 Å². The molecule has 2 amide bonds. The van der Waals surface area contributed by atoms with Crippen LogP contribution in [0.5, 0.6) is 0 Å². The minimum Gasteiger partial charge on any atom is -0.468 e. The number of benzene rings is 1. The highest BCUT2D eigenvalue weighted by molar-refractivity contribution is 5.94. The summed E-state index contributed by atoms with van der Waals surface area (Å²) in [7, 11) is 0. The minimum absolute atomic E-state index is 0.00569. The van der Waals surface area contributed by atoms with Crippen molar-refractivity contribution in [2.24, 2.45) is 0 Å². The Morgan fingerprint density at radius 1 is 1.14 bits per heavy atom. The van der Waals surface area contributed by atoms with Crippen molar-refractivity contribution in [3.8, 4) is 0 Å². The second-order valence-corrected chi connectivity index (χ2v) is 6.89. The summed E-state index contributed by atoms with van der Waals surface area (Å²) in [5.74, 6) is 0.293. The van der Waals surface area contributed by atoms with E-state index in [0.29, 0.717) is 12.1 Å². The minimum atomic E-state index is -0.524. The molecule has 9 nitrogen and oxygen atoms in total. The van der Waals surface area contributed by atoms with Gasteiger partial charge in [0.1, 0.15) is 5.76 Å². The molecule has 0 bridgehead atoms. The van der Waals surface area contributed by atoms with Crippen LogP contribution < -0.4 is 10.6 Å². The molecule has 0 spiro atoms. The molecule has 0 radical (unpaired) electrons. The van der Waals surface area contributed by atoms with Gasteiger partial charge in [-0.2, -0.15) is 0 Å². The number of rotatable bonds is 9. The number of hydrogen-bond acceptors (Lipinski definition) is 6. The Labute approximate surface area is 168 Å². The highest BCUT2D eigenvalue weighted by Crippen LogP contribution is 2.24. The van der Waals surface area contributed by atoms with Gasteiger partial charge < -0.3 is 15.1 Å². The largest absolute Gasteiger partial charge is 0.468 e. The molecule has 0 saturated carbocycles. The van der Waals surface area contributed by atoms with E-state index in [1.54, 1.807) is 6.26 Å². The Kier molecular flexibility index (Phi) is 6.96. The molecule has 1 aromatic heterocycles. The smallest absolute Gasteiger partial charge is 0.269 e. The highest BCUT2D eigenvalue weighted by atomic mass is 16.6. The van der Waals surface area contributed by atoms with E-state index in [1.165, 1.54) is 24.3 Å². The first-order valence-corrected chi connectivity index (χ1v) is 9.61. The van der Waals surface area contributed by atoms with Crippen LogP contribution in [0.1, 0.15) is 41.4 Å². The molecule has 2 N–H and O–H groups in total. The van der Waals surface area contributed by atoms with Crippen molar-refractivity contribution in [3.63, 3.8) is 0 Å². The summed E-state index contributed by atoms with van der Waals surface area (Å²) in [6, 6.07) is 9.08. The molecule has 3 rings (SSSR count). The van der Waals surface area contributed by atoms with Gasteiger partial charge in [0.15, 0.2) is 0 Å². The Morgan fingerprint density at radius 3 is 2.48 bits per heavy atom. The van der Waals surface area contributed by atoms with Crippen molar-refractivity contribution in [1.29, 1.82) is 0 Å². The number of non-ortho nitro benzene ring substituents is 1. The highest BCUT2D eigenvalue weighted by Gasteiger charge is 2.25. The number of likely N-dealkylation sites (tertiary alicyclic amines) is 1. The molecule has 2 heterocycles. The zero-order valence-electron chi connectivity index (χ0n) is 16.0. The van der Waals surface area contributed by atoms with Gasteiger partial charge in [-0.1, -0.05) is 0 Å². The van der Waals surface area contributed by atoms with Crippen molar-refractivity contribution in [3.05, 3.63) is 64.1 Å². The summed E-state index contributed by atoms with van der Waals surface area (Å²) in [5.41, 5.74) is 0.230. The molecule has 1 aliphatic rings. The lowest BCUT2D eigenvalue weighted by Crippen LogP contribution is -2.37. The maximum absolute atomic E-state index is 12.2. The first-order chi connectivity index (χ1) is 14.0. The van der Waals surface area contributed by atoms with Gasteiger partial charge >= 0.3 is 0 Å². The molecule has 154 valence electrons. The average Bonchev–Trinajstić information content (AvgIpc) is 3.43. The molecule has 1 aliphatic heterocycles. The summed E-state index contributed by atoms with van der Waals surface area (Å²) in [4.78, 5) is 36.7. The molecule has 1 aromatic carbocycles. The van der Waals surface area contributed by atoms with Crippen molar-refractivity contribution < 1.29 is 18.9 Å². The number of carbonyl (C=O) groups excluding carboxylic acids is 2. The standard InChI is InChI=1S/C20H24N4O5/c25-19(9-10-21-20(26)15-5-7-16(8-6-15)24(27)28)22-14-17(18-4-3-13-29-18)23-11-1-2-12-23/h3-8,13,17H,1-2,9-12,14H2,(H,21,26)(H,22,25)/t17-/m1/s1. The van der Waals surface area contributed by atoms with Crippen LogP contribution in [-0.4, -0.2) is 47.8 Å². The van der Waals surface area contributed by atoms with Crippen LogP contribution in [0, 0.1) is 10.1 Å². The van der Waals surface area contributed by atoms with Gasteiger partial charge in [0, 0.05) is 37.2 Å². The van der Waals surface area contributed by atoms with Crippen LogP contribution in [0.4, 0.5) is 5.69 Å². The quantitative estimate of drug-likeness (QED) is 0.492. The predicted octanol–water partition coefficient (Wildman–Crippen LogP) is 2.26. The second-order valence-electron chi connectivity index (χ2n) is 6.89. The third kappa shape index (κ3) is 5.64. The summed E-state index contributed by atoms with van der Waals surface area (Å²) in [5, 5.41) is 16.2. The normalized spacial score (nSPS) is 15.0. The lowest BCUT2D eigenvalue weighted by Gasteiger charge is -2.26. The number of nitrogens with one attached hydrogen (secondary N) is 2. The number of nitro benzene ring substituents is 1. The fourth-order valence-corrected chi connectivity index (χ4v) is 3.37. The van der Waals surface area contributed by atoms with Crippen molar-refractivity contribution >= 4 is 17.5 Å². The second kappa shape index (κ2) is 9.83. The van der Waals surface area contributed by atoms with E-state index in [9.17, 15) is 19.7 Å². The Bertz CT molecular complexity index is 829. The number of amides is 2. The van der Waals surface area contributed by atoms with Gasteiger partial charge in [0.2, 0.25) is 5.91 Å². The SMILES string of the molecule is O=C(CCNC(=O)c1ccc([N+](=O)[O-])cc1)NC[C@H](c1ccco1)N1CCCC1. The van der Waals surface area contributed by atoms with Gasteiger partial charge in [-0.15, -0.1) is 0 Å². The molecule has 0 aliphatic carbocycles. The lowest BCUT2D eigenvalue weighted by atomic mass is 10.2. The van der Waals surface area contributed by atoms with E-state index in [-0.39, 0.29) is 36.5 Å². The fourth-order valence-electron chi connectivity index (χ4n) is 3.37. The maximum atomic E-state index is 12.2. The first kappa shape index (κ1) is 20.5. The van der Waals surface area contributed by atoms with Crippen molar-refractivity contribution in [1.82, 2.24) is 15.5 Å². The van der Waals surface area contributed by atoms with E-state index < -0.39 is 4.92 Å².